The Morgan fingerprint density at radius 2 is 2.12 bits per heavy atom. The van der Waals surface area contributed by atoms with Crippen LogP contribution < -0.4 is 10.2 Å². The molecule has 0 bridgehead atoms. The van der Waals surface area contributed by atoms with Crippen LogP contribution in [0.25, 0.3) is 0 Å². The van der Waals surface area contributed by atoms with Crippen molar-refractivity contribution in [3.8, 4) is 0 Å². The number of amides is 1. The van der Waals surface area contributed by atoms with Crippen molar-refractivity contribution in [3.05, 3.63) is 28.8 Å². The smallest absolute Gasteiger partial charge is 0.239 e. The van der Waals surface area contributed by atoms with E-state index in [0.29, 0.717) is 13.1 Å². The Morgan fingerprint density at radius 1 is 1.41 bits per heavy atom. The summed E-state index contributed by atoms with van der Waals surface area (Å²) < 4.78 is 0. The van der Waals surface area contributed by atoms with Gasteiger partial charge in [0.2, 0.25) is 5.91 Å². The van der Waals surface area contributed by atoms with Gasteiger partial charge in [0.1, 0.15) is 0 Å². The molecular weight excluding hydrogens is 236 g/mol. The van der Waals surface area contributed by atoms with Crippen molar-refractivity contribution in [3.63, 3.8) is 0 Å². The molecule has 1 aliphatic heterocycles. The summed E-state index contributed by atoms with van der Waals surface area (Å²) in [4.78, 5) is 13.7. The third kappa shape index (κ3) is 2.39. The second-order valence-corrected chi connectivity index (χ2v) is 5.54. The first-order valence-electron chi connectivity index (χ1n) is 5.71. The number of hydrogen-bond donors (Lipinski definition) is 1. The number of halogens is 1. The van der Waals surface area contributed by atoms with Gasteiger partial charge in [-0.05, 0) is 44.5 Å². The van der Waals surface area contributed by atoms with E-state index in [9.17, 15) is 4.79 Å². The fraction of sp³-hybridized carbons (Fsp3) is 0.462. The van der Waals surface area contributed by atoms with Crippen LogP contribution in [0, 0.1) is 6.92 Å². The second-order valence-electron chi connectivity index (χ2n) is 5.11. The maximum atomic E-state index is 11.5. The standard InChI is InChI=1S/C13H17ClN2O/c1-9-6-10(14)4-5-11(9)16-7-12(17)15-8-13(16,2)3/h4-6H,7-8H2,1-3H3,(H,15,17). The lowest BCUT2D eigenvalue weighted by Crippen LogP contribution is -2.60. The number of hydrogen-bond acceptors (Lipinski definition) is 2. The molecule has 0 radical (unpaired) electrons. The minimum atomic E-state index is -0.0769. The zero-order valence-corrected chi connectivity index (χ0v) is 11.1. The molecule has 1 fully saturated rings. The molecule has 1 aliphatic rings. The molecule has 1 aromatic rings. The molecule has 17 heavy (non-hydrogen) atoms. The van der Waals surface area contributed by atoms with Gasteiger partial charge in [0.25, 0.3) is 0 Å². The van der Waals surface area contributed by atoms with Crippen LogP contribution >= 0.6 is 11.6 Å². The Kier molecular flexibility index (Phi) is 3.04. The lowest BCUT2D eigenvalue weighted by atomic mass is 9.97. The Morgan fingerprint density at radius 3 is 2.76 bits per heavy atom. The number of nitrogens with zero attached hydrogens (tertiary/aromatic N) is 1. The van der Waals surface area contributed by atoms with Gasteiger partial charge in [-0.15, -0.1) is 0 Å². The highest BCUT2D eigenvalue weighted by molar-refractivity contribution is 6.30. The fourth-order valence-electron chi connectivity index (χ4n) is 2.16. The second kappa shape index (κ2) is 4.22. The number of rotatable bonds is 1. The van der Waals surface area contributed by atoms with Crippen LogP contribution in [0.1, 0.15) is 19.4 Å². The Bertz CT molecular complexity index is 457. The summed E-state index contributed by atoms with van der Waals surface area (Å²) in [5.41, 5.74) is 2.10. The lowest BCUT2D eigenvalue weighted by molar-refractivity contribution is -0.121. The summed E-state index contributed by atoms with van der Waals surface area (Å²) in [6.45, 7) is 7.33. The maximum Gasteiger partial charge on any atom is 0.239 e. The molecule has 0 saturated carbocycles. The lowest BCUT2D eigenvalue weighted by Gasteiger charge is -2.44. The van der Waals surface area contributed by atoms with Crippen molar-refractivity contribution in [2.24, 2.45) is 0 Å². The van der Waals surface area contributed by atoms with Crippen LogP contribution in [0.3, 0.4) is 0 Å². The van der Waals surface area contributed by atoms with Gasteiger partial charge in [-0.3, -0.25) is 4.79 Å². The molecule has 0 atom stereocenters. The number of benzene rings is 1. The average molecular weight is 253 g/mol. The fourth-order valence-corrected chi connectivity index (χ4v) is 2.38. The van der Waals surface area contributed by atoms with Crippen molar-refractivity contribution < 1.29 is 4.79 Å². The Balaban J connectivity index is 2.39. The first-order valence-corrected chi connectivity index (χ1v) is 6.08. The molecule has 4 heteroatoms. The zero-order chi connectivity index (χ0) is 12.6. The van der Waals surface area contributed by atoms with Crippen molar-refractivity contribution in [1.29, 1.82) is 0 Å². The highest BCUT2D eigenvalue weighted by atomic mass is 35.5. The molecule has 92 valence electrons. The zero-order valence-electron chi connectivity index (χ0n) is 10.4. The van der Waals surface area contributed by atoms with Crippen molar-refractivity contribution >= 4 is 23.2 Å². The Hall–Kier alpha value is -1.22. The molecule has 1 heterocycles. The minimum absolute atomic E-state index is 0.0682. The highest BCUT2D eigenvalue weighted by Gasteiger charge is 2.33. The van der Waals surface area contributed by atoms with Gasteiger partial charge >= 0.3 is 0 Å². The SMILES string of the molecule is Cc1cc(Cl)ccc1N1CC(=O)NCC1(C)C. The number of anilines is 1. The predicted octanol–water partition coefficient (Wildman–Crippen LogP) is 2.36. The quantitative estimate of drug-likeness (QED) is 0.832. The molecular formula is C13H17ClN2O. The first-order chi connectivity index (χ1) is 7.90. The molecule has 1 aromatic carbocycles. The van der Waals surface area contributed by atoms with E-state index in [1.807, 2.05) is 25.1 Å². The van der Waals surface area contributed by atoms with E-state index >= 15 is 0 Å². The van der Waals surface area contributed by atoms with Crippen LogP contribution in [0.15, 0.2) is 18.2 Å². The third-order valence-corrected chi connectivity index (χ3v) is 3.44. The van der Waals surface area contributed by atoms with Gasteiger partial charge in [-0.25, -0.2) is 0 Å². The average Bonchev–Trinajstić information content (AvgIpc) is 2.23. The molecule has 2 rings (SSSR count). The van der Waals surface area contributed by atoms with Gasteiger partial charge < -0.3 is 10.2 Å². The summed E-state index contributed by atoms with van der Waals surface area (Å²) >= 11 is 5.96. The van der Waals surface area contributed by atoms with Crippen LogP contribution in [-0.4, -0.2) is 24.5 Å². The van der Waals surface area contributed by atoms with E-state index < -0.39 is 0 Å². The molecule has 1 saturated heterocycles. The van der Waals surface area contributed by atoms with Gasteiger partial charge in [0.05, 0.1) is 12.1 Å². The van der Waals surface area contributed by atoms with E-state index in [4.69, 9.17) is 11.6 Å². The minimum Gasteiger partial charge on any atom is -0.355 e. The molecule has 1 amide bonds. The summed E-state index contributed by atoms with van der Waals surface area (Å²) in [7, 11) is 0. The van der Waals surface area contributed by atoms with Crippen molar-refractivity contribution in [2.45, 2.75) is 26.3 Å². The predicted molar refractivity (Wildman–Crippen MR) is 70.6 cm³/mol. The van der Waals surface area contributed by atoms with E-state index in [-0.39, 0.29) is 11.4 Å². The molecule has 0 aliphatic carbocycles. The van der Waals surface area contributed by atoms with Crippen LogP contribution in [0.4, 0.5) is 5.69 Å². The van der Waals surface area contributed by atoms with Gasteiger partial charge in [0, 0.05) is 17.3 Å². The van der Waals surface area contributed by atoms with Crippen molar-refractivity contribution in [1.82, 2.24) is 5.32 Å². The van der Waals surface area contributed by atoms with Gasteiger partial charge in [-0.2, -0.15) is 0 Å². The van der Waals surface area contributed by atoms with Crippen molar-refractivity contribution in [2.75, 3.05) is 18.0 Å². The highest BCUT2D eigenvalue weighted by Crippen LogP contribution is 2.30. The van der Waals surface area contributed by atoms with Crippen LogP contribution in [0.5, 0.6) is 0 Å². The summed E-state index contributed by atoms with van der Waals surface area (Å²) in [6, 6.07) is 5.78. The summed E-state index contributed by atoms with van der Waals surface area (Å²) in [5.74, 6) is 0.0682. The Labute approximate surface area is 107 Å². The number of piperazine rings is 1. The number of aryl methyl sites for hydroxylation is 1. The van der Waals surface area contributed by atoms with Gasteiger partial charge in [-0.1, -0.05) is 11.6 Å². The molecule has 0 spiro atoms. The number of nitrogens with one attached hydrogen (secondary N) is 1. The van der Waals surface area contributed by atoms with E-state index in [0.717, 1.165) is 16.3 Å². The third-order valence-electron chi connectivity index (χ3n) is 3.20. The maximum absolute atomic E-state index is 11.5. The molecule has 0 aromatic heterocycles. The number of carbonyl (C=O) groups excluding carboxylic acids is 1. The first kappa shape index (κ1) is 12.2. The van der Waals surface area contributed by atoms with E-state index in [1.54, 1.807) is 0 Å². The number of carbonyl (C=O) groups is 1. The summed E-state index contributed by atoms with van der Waals surface area (Å²) in [6.07, 6.45) is 0. The van der Waals surface area contributed by atoms with E-state index in [2.05, 4.69) is 24.1 Å². The molecule has 3 nitrogen and oxygen atoms in total. The summed E-state index contributed by atoms with van der Waals surface area (Å²) in [5, 5.41) is 3.62. The van der Waals surface area contributed by atoms with Gasteiger partial charge in [0.15, 0.2) is 0 Å². The monoisotopic (exact) mass is 252 g/mol. The van der Waals surface area contributed by atoms with E-state index in [1.165, 1.54) is 0 Å². The largest absolute Gasteiger partial charge is 0.355 e. The molecule has 1 N–H and O–H groups in total. The molecule has 0 unspecified atom stereocenters. The van der Waals surface area contributed by atoms with Crippen LogP contribution in [0.2, 0.25) is 5.02 Å². The topological polar surface area (TPSA) is 32.3 Å². The van der Waals surface area contributed by atoms with Crippen LogP contribution in [-0.2, 0) is 4.79 Å². The normalized spacial score (nSPS) is 19.1.